The maximum atomic E-state index is 11.9. The summed E-state index contributed by atoms with van der Waals surface area (Å²) in [5.74, 6) is 1.08. The summed E-state index contributed by atoms with van der Waals surface area (Å²) < 4.78 is 0. The molecule has 4 nitrogen and oxygen atoms in total. The van der Waals surface area contributed by atoms with Crippen LogP contribution in [0.25, 0.3) is 0 Å². The molecular weight excluding hydrogens is 306 g/mol. The van der Waals surface area contributed by atoms with Crippen molar-refractivity contribution in [1.29, 1.82) is 0 Å². The van der Waals surface area contributed by atoms with Gasteiger partial charge in [-0.3, -0.25) is 4.79 Å². The number of nitrogens with one attached hydrogen (secondary N) is 1. The van der Waals surface area contributed by atoms with Crippen molar-refractivity contribution in [2.45, 2.75) is 25.8 Å². The van der Waals surface area contributed by atoms with E-state index in [9.17, 15) is 4.79 Å². The second-order valence-corrected chi connectivity index (χ2v) is 6.49. The van der Waals surface area contributed by atoms with Crippen LogP contribution in [0.15, 0.2) is 18.2 Å². The molecule has 1 unspecified atom stereocenters. The van der Waals surface area contributed by atoms with E-state index in [0.29, 0.717) is 28.9 Å². The number of thioether (sulfide) groups is 1. The molecule has 1 amide bonds. The third-order valence-electron chi connectivity index (χ3n) is 3.34. The largest absolute Gasteiger partial charge is 0.399 e. The van der Waals surface area contributed by atoms with Crippen molar-refractivity contribution in [3.63, 3.8) is 0 Å². The summed E-state index contributed by atoms with van der Waals surface area (Å²) in [5.41, 5.74) is 6.82. The van der Waals surface area contributed by atoms with Crippen LogP contribution >= 0.6 is 23.4 Å². The number of benzene rings is 1. The summed E-state index contributed by atoms with van der Waals surface area (Å²) in [6.45, 7) is 3.11. The topological polar surface area (TPSA) is 58.4 Å². The highest BCUT2D eigenvalue weighted by Crippen LogP contribution is 2.24. The molecule has 21 heavy (non-hydrogen) atoms. The summed E-state index contributed by atoms with van der Waals surface area (Å²) in [5, 5.41) is 3.28. The van der Waals surface area contributed by atoms with Crippen molar-refractivity contribution < 1.29 is 4.79 Å². The van der Waals surface area contributed by atoms with E-state index in [1.165, 1.54) is 0 Å². The van der Waals surface area contributed by atoms with Crippen LogP contribution in [0.4, 0.5) is 11.4 Å². The van der Waals surface area contributed by atoms with Crippen LogP contribution in [0, 0.1) is 0 Å². The Balaban J connectivity index is 2.34. The van der Waals surface area contributed by atoms with Gasteiger partial charge in [0, 0.05) is 23.9 Å². The minimum atomic E-state index is -0.0207. The van der Waals surface area contributed by atoms with Crippen molar-refractivity contribution in [2.24, 2.45) is 0 Å². The molecule has 0 radical (unpaired) electrons. The molecule has 0 fully saturated rings. The second-order valence-electron chi connectivity index (χ2n) is 5.18. The molecule has 6 heteroatoms. The van der Waals surface area contributed by atoms with Gasteiger partial charge in [0.2, 0.25) is 5.91 Å². The van der Waals surface area contributed by atoms with Gasteiger partial charge in [-0.25, -0.2) is 0 Å². The predicted molar refractivity (Wildman–Crippen MR) is 94.2 cm³/mol. The van der Waals surface area contributed by atoms with E-state index in [1.54, 1.807) is 18.2 Å². The summed E-state index contributed by atoms with van der Waals surface area (Å²) in [7, 11) is 2.09. The average molecular weight is 330 g/mol. The molecule has 1 aromatic rings. The fourth-order valence-electron chi connectivity index (χ4n) is 1.92. The number of halogens is 1. The Bertz CT molecular complexity index is 470. The first-order valence-electron chi connectivity index (χ1n) is 6.98. The van der Waals surface area contributed by atoms with Gasteiger partial charge in [-0.15, -0.1) is 0 Å². The zero-order valence-electron chi connectivity index (χ0n) is 12.9. The highest BCUT2D eigenvalue weighted by molar-refractivity contribution is 7.98. The van der Waals surface area contributed by atoms with Gasteiger partial charge < -0.3 is 16.0 Å². The minimum absolute atomic E-state index is 0.0207. The first-order chi connectivity index (χ1) is 9.93. The molecule has 1 aromatic carbocycles. The lowest BCUT2D eigenvalue weighted by Gasteiger charge is -2.23. The van der Waals surface area contributed by atoms with Crippen LogP contribution in [0.5, 0.6) is 0 Å². The monoisotopic (exact) mass is 329 g/mol. The lowest BCUT2D eigenvalue weighted by molar-refractivity contribution is -0.116. The molecule has 1 atom stereocenters. The Labute approximate surface area is 136 Å². The van der Waals surface area contributed by atoms with E-state index in [-0.39, 0.29) is 5.91 Å². The SMILES string of the molecule is CSCC(C)N(C)CCCC(=O)Nc1ccc(N)cc1Cl. The van der Waals surface area contributed by atoms with E-state index in [2.05, 4.69) is 30.4 Å². The zero-order chi connectivity index (χ0) is 15.8. The van der Waals surface area contributed by atoms with E-state index < -0.39 is 0 Å². The average Bonchev–Trinajstić information content (AvgIpc) is 2.42. The van der Waals surface area contributed by atoms with Crippen molar-refractivity contribution in [3.05, 3.63) is 23.2 Å². The first kappa shape index (κ1) is 18.1. The van der Waals surface area contributed by atoms with Crippen molar-refractivity contribution in [1.82, 2.24) is 4.90 Å². The number of amides is 1. The highest BCUT2D eigenvalue weighted by atomic mass is 35.5. The maximum absolute atomic E-state index is 11.9. The van der Waals surface area contributed by atoms with Gasteiger partial charge in [0.25, 0.3) is 0 Å². The molecule has 0 aliphatic rings. The molecule has 0 aromatic heterocycles. The van der Waals surface area contributed by atoms with E-state index >= 15 is 0 Å². The Morgan fingerprint density at radius 2 is 2.24 bits per heavy atom. The smallest absolute Gasteiger partial charge is 0.224 e. The molecule has 1 rings (SSSR count). The highest BCUT2D eigenvalue weighted by Gasteiger charge is 2.10. The van der Waals surface area contributed by atoms with Gasteiger partial charge in [0.15, 0.2) is 0 Å². The zero-order valence-corrected chi connectivity index (χ0v) is 14.4. The number of rotatable bonds is 8. The number of carbonyl (C=O) groups is 1. The minimum Gasteiger partial charge on any atom is -0.399 e. The second kappa shape index (κ2) is 9.18. The number of hydrogen-bond acceptors (Lipinski definition) is 4. The fourth-order valence-corrected chi connectivity index (χ4v) is 2.90. The van der Waals surface area contributed by atoms with Crippen LogP contribution in [-0.4, -0.2) is 42.4 Å². The summed E-state index contributed by atoms with van der Waals surface area (Å²) in [4.78, 5) is 14.2. The molecule has 0 aliphatic heterocycles. The van der Waals surface area contributed by atoms with Crippen molar-refractivity contribution in [2.75, 3.05) is 36.7 Å². The van der Waals surface area contributed by atoms with Gasteiger partial charge in [-0.2, -0.15) is 11.8 Å². The van der Waals surface area contributed by atoms with Crippen LogP contribution in [0.2, 0.25) is 5.02 Å². The lowest BCUT2D eigenvalue weighted by atomic mass is 10.2. The van der Waals surface area contributed by atoms with Gasteiger partial charge in [0.1, 0.15) is 0 Å². The molecule has 0 saturated carbocycles. The number of anilines is 2. The molecule has 3 N–H and O–H groups in total. The number of carbonyl (C=O) groups excluding carboxylic acids is 1. The van der Waals surface area contributed by atoms with E-state index in [4.69, 9.17) is 17.3 Å². The van der Waals surface area contributed by atoms with E-state index in [1.807, 2.05) is 11.8 Å². The quantitative estimate of drug-likeness (QED) is 0.718. The van der Waals surface area contributed by atoms with Crippen LogP contribution in [0.1, 0.15) is 19.8 Å². The Kier molecular flexibility index (Phi) is 7.93. The number of nitrogen functional groups attached to an aromatic ring is 1. The van der Waals surface area contributed by atoms with Crippen molar-refractivity contribution >= 4 is 40.6 Å². The molecule has 0 saturated heterocycles. The molecular formula is C15H24ClN3OS. The fraction of sp³-hybridized carbons (Fsp3) is 0.533. The van der Waals surface area contributed by atoms with Crippen LogP contribution in [0.3, 0.4) is 0 Å². The first-order valence-corrected chi connectivity index (χ1v) is 8.75. The molecule has 0 spiro atoms. The summed E-state index contributed by atoms with van der Waals surface area (Å²) in [6, 6.07) is 5.60. The standard InChI is InChI=1S/C15H24ClN3OS/c1-11(10-21-3)19(2)8-4-5-15(20)18-14-7-6-12(17)9-13(14)16/h6-7,9,11H,4-5,8,10,17H2,1-3H3,(H,18,20). The lowest BCUT2D eigenvalue weighted by Crippen LogP contribution is -2.32. The third kappa shape index (κ3) is 6.59. The van der Waals surface area contributed by atoms with Gasteiger partial charge in [0.05, 0.1) is 10.7 Å². The predicted octanol–water partition coefficient (Wildman–Crippen LogP) is 3.32. The number of nitrogens with zero attached hydrogens (tertiary/aromatic N) is 1. The molecule has 0 heterocycles. The Morgan fingerprint density at radius 1 is 1.52 bits per heavy atom. The van der Waals surface area contributed by atoms with Gasteiger partial charge in [-0.1, -0.05) is 11.6 Å². The molecule has 0 bridgehead atoms. The maximum Gasteiger partial charge on any atom is 0.224 e. The number of nitrogens with two attached hydrogens (primary N) is 1. The van der Waals surface area contributed by atoms with Crippen molar-refractivity contribution in [3.8, 4) is 0 Å². The normalized spacial score (nSPS) is 12.4. The third-order valence-corrected chi connectivity index (χ3v) is 4.47. The van der Waals surface area contributed by atoms with Gasteiger partial charge >= 0.3 is 0 Å². The summed E-state index contributed by atoms with van der Waals surface area (Å²) in [6.07, 6.45) is 3.42. The molecule has 118 valence electrons. The van der Waals surface area contributed by atoms with Gasteiger partial charge in [-0.05, 0) is 51.4 Å². The Morgan fingerprint density at radius 3 is 2.86 bits per heavy atom. The van der Waals surface area contributed by atoms with E-state index in [0.717, 1.165) is 18.7 Å². The number of hydrogen-bond donors (Lipinski definition) is 2. The Hall–Kier alpha value is -0.910. The van der Waals surface area contributed by atoms with Crippen LogP contribution in [-0.2, 0) is 4.79 Å². The molecule has 0 aliphatic carbocycles. The summed E-state index contributed by atoms with van der Waals surface area (Å²) >= 11 is 7.87. The van der Waals surface area contributed by atoms with Crippen LogP contribution < -0.4 is 11.1 Å².